The molecule has 0 bridgehead atoms. The molecule has 1 aliphatic rings. The van der Waals surface area contributed by atoms with Crippen LogP contribution >= 0.6 is 0 Å². The summed E-state index contributed by atoms with van der Waals surface area (Å²) in [5.41, 5.74) is 0. The summed E-state index contributed by atoms with van der Waals surface area (Å²) in [6.45, 7) is 8.00. The molecule has 96 valence electrons. The van der Waals surface area contributed by atoms with Gasteiger partial charge < -0.3 is 9.88 Å². The van der Waals surface area contributed by atoms with Gasteiger partial charge in [0.2, 0.25) is 0 Å². The molecule has 1 saturated heterocycles. The maximum atomic E-state index is 4.07. The van der Waals surface area contributed by atoms with Crippen LogP contribution < -0.4 is 5.32 Å². The van der Waals surface area contributed by atoms with E-state index in [0.717, 1.165) is 25.7 Å². The lowest BCUT2D eigenvalue weighted by molar-refractivity contribution is 0.241. The van der Waals surface area contributed by atoms with Gasteiger partial charge in [0.1, 0.15) is 0 Å². The van der Waals surface area contributed by atoms with Crippen molar-refractivity contribution < 1.29 is 0 Å². The highest BCUT2D eigenvalue weighted by Gasteiger charge is 2.22. The minimum atomic E-state index is 0.762. The SMILES string of the molecule is CCNCC1CCCN1CCCn1ccnc1. The third kappa shape index (κ3) is 3.82. The Morgan fingerprint density at radius 1 is 1.41 bits per heavy atom. The molecule has 4 heteroatoms. The Labute approximate surface area is 104 Å². The van der Waals surface area contributed by atoms with Crippen LogP contribution in [0.1, 0.15) is 26.2 Å². The van der Waals surface area contributed by atoms with Crippen molar-refractivity contribution in [1.82, 2.24) is 19.8 Å². The molecule has 1 unspecified atom stereocenters. The van der Waals surface area contributed by atoms with Crippen LogP contribution in [0.4, 0.5) is 0 Å². The summed E-state index contributed by atoms with van der Waals surface area (Å²) in [5.74, 6) is 0. The molecule has 17 heavy (non-hydrogen) atoms. The third-order valence-electron chi connectivity index (χ3n) is 3.55. The van der Waals surface area contributed by atoms with Crippen molar-refractivity contribution in [3.05, 3.63) is 18.7 Å². The van der Waals surface area contributed by atoms with Gasteiger partial charge in [-0.2, -0.15) is 0 Å². The van der Waals surface area contributed by atoms with Gasteiger partial charge >= 0.3 is 0 Å². The van der Waals surface area contributed by atoms with Gasteiger partial charge in [0.15, 0.2) is 0 Å². The van der Waals surface area contributed by atoms with Gasteiger partial charge in [-0.1, -0.05) is 6.92 Å². The van der Waals surface area contributed by atoms with Gasteiger partial charge in [-0.25, -0.2) is 4.98 Å². The maximum Gasteiger partial charge on any atom is 0.0945 e. The molecule has 0 spiro atoms. The van der Waals surface area contributed by atoms with E-state index in [-0.39, 0.29) is 0 Å². The van der Waals surface area contributed by atoms with Crippen LogP contribution in [0.2, 0.25) is 0 Å². The maximum absolute atomic E-state index is 4.07. The highest BCUT2D eigenvalue weighted by atomic mass is 15.2. The molecule has 1 N–H and O–H groups in total. The molecule has 0 radical (unpaired) electrons. The Bertz CT molecular complexity index is 296. The fourth-order valence-corrected chi connectivity index (χ4v) is 2.61. The zero-order chi connectivity index (χ0) is 11.9. The molecule has 2 heterocycles. The Morgan fingerprint density at radius 2 is 2.35 bits per heavy atom. The molecule has 1 aliphatic heterocycles. The molecule has 1 atom stereocenters. The molecule has 0 amide bonds. The van der Waals surface area contributed by atoms with Gasteiger partial charge in [-0.3, -0.25) is 4.90 Å². The smallest absolute Gasteiger partial charge is 0.0945 e. The van der Waals surface area contributed by atoms with Crippen molar-refractivity contribution in [3.63, 3.8) is 0 Å². The lowest BCUT2D eigenvalue weighted by Crippen LogP contribution is -2.38. The minimum Gasteiger partial charge on any atom is -0.337 e. The average molecular weight is 236 g/mol. The molecule has 2 rings (SSSR count). The average Bonchev–Trinajstić information content (AvgIpc) is 2.98. The van der Waals surface area contributed by atoms with Gasteiger partial charge in [0.05, 0.1) is 6.33 Å². The molecule has 1 fully saturated rings. The van der Waals surface area contributed by atoms with Crippen LogP contribution in [-0.4, -0.2) is 46.7 Å². The number of rotatable bonds is 7. The quantitative estimate of drug-likeness (QED) is 0.776. The zero-order valence-corrected chi connectivity index (χ0v) is 10.8. The summed E-state index contributed by atoms with van der Waals surface area (Å²) < 4.78 is 2.16. The molecule has 0 aromatic carbocycles. The van der Waals surface area contributed by atoms with Crippen molar-refractivity contribution in [2.24, 2.45) is 0 Å². The molecule has 4 nitrogen and oxygen atoms in total. The summed E-state index contributed by atoms with van der Waals surface area (Å²) in [7, 11) is 0. The van der Waals surface area contributed by atoms with Crippen molar-refractivity contribution in [1.29, 1.82) is 0 Å². The van der Waals surface area contributed by atoms with Gasteiger partial charge in [0.25, 0.3) is 0 Å². The van der Waals surface area contributed by atoms with Gasteiger partial charge in [-0.15, -0.1) is 0 Å². The number of hydrogen-bond donors (Lipinski definition) is 1. The summed E-state index contributed by atoms with van der Waals surface area (Å²) in [6.07, 6.45) is 9.74. The van der Waals surface area contributed by atoms with E-state index in [1.165, 1.54) is 32.4 Å². The predicted octanol–water partition coefficient (Wildman–Crippen LogP) is 1.35. The molecular formula is C13H24N4. The summed E-state index contributed by atoms with van der Waals surface area (Å²) in [6, 6.07) is 0.762. The molecule has 1 aromatic heterocycles. The summed E-state index contributed by atoms with van der Waals surface area (Å²) >= 11 is 0. The number of nitrogens with one attached hydrogen (secondary N) is 1. The van der Waals surface area contributed by atoms with Crippen LogP contribution in [0.5, 0.6) is 0 Å². The lowest BCUT2D eigenvalue weighted by Gasteiger charge is -2.24. The van der Waals surface area contributed by atoms with E-state index in [9.17, 15) is 0 Å². The number of imidazole rings is 1. The van der Waals surface area contributed by atoms with E-state index >= 15 is 0 Å². The van der Waals surface area contributed by atoms with Gasteiger partial charge in [0, 0.05) is 38.1 Å². The van der Waals surface area contributed by atoms with Crippen LogP contribution in [0.15, 0.2) is 18.7 Å². The number of nitrogens with zero attached hydrogens (tertiary/aromatic N) is 3. The summed E-state index contributed by atoms with van der Waals surface area (Å²) in [4.78, 5) is 6.71. The second-order valence-corrected chi connectivity index (χ2v) is 4.79. The number of likely N-dealkylation sites (tertiary alicyclic amines) is 1. The largest absolute Gasteiger partial charge is 0.337 e. The van der Waals surface area contributed by atoms with Crippen LogP contribution in [0.25, 0.3) is 0 Å². The first-order valence-corrected chi connectivity index (χ1v) is 6.80. The number of likely N-dealkylation sites (N-methyl/N-ethyl adjacent to an activating group) is 1. The zero-order valence-electron chi connectivity index (χ0n) is 10.8. The van der Waals surface area contributed by atoms with E-state index in [2.05, 4.69) is 26.7 Å². The molecule has 0 aliphatic carbocycles. The molecule has 1 aromatic rings. The van der Waals surface area contributed by atoms with Crippen molar-refractivity contribution >= 4 is 0 Å². The second-order valence-electron chi connectivity index (χ2n) is 4.79. The normalized spacial score (nSPS) is 21.1. The topological polar surface area (TPSA) is 33.1 Å². The Hall–Kier alpha value is -0.870. The first-order valence-electron chi connectivity index (χ1n) is 6.80. The molecule has 0 saturated carbocycles. The monoisotopic (exact) mass is 236 g/mol. The highest BCUT2D eigenvalue weighted by molar-refractivity contribution is 4.81. The summed E-state index contributed by atoms with van der Waals surface area (Å²) in [5, 5.41) is 3.47. The van der Waals surface area contributed by atoms with Crippen molar-refractivity contribution in [2.45, 2.75) is 38.8 Å². The fraction of sp³-hybridized carbons (Fsp3) is 0.769. The van der Waals surface area contributed by atoms with Crippen LogP contribution in [0, 0.1) is 0 Å². The van der Waals surface area contributed by atoms with E-state index < -0.39 is 0 Å². The van der Waals surface area contributed by atoms with Crippen LogP contribution in [0.3, 0.4) is 0 Å². The number of hydrogen-bond acceptors (Lipinski definition) is 3. The third-order valence-corrected chi connectivity index (χ3v) is 3.55. The van der Waals surface area contributed by atoms with Crippen molar-refractivity contribution in [2.75, 3.05) is 26.2 Å². The Morgan fingerprint density at radius 3 is 3.12 bits per heavy atom. The fourth-order valence-electron chi connectivity index (χ4n) is 2.61. The van der Waals surface area contributed by atoms with E-state index in [0.29, 0.717) is 0 Å². The first-order chi connectivity index (χ1) is 8.40. The number of aryl methyl sites for hydroxylation is 1. The first kappa shape index (κ1) is 12.6. The standard InChI is InChI=1S/C13H24N4/c1-2-14-11-13-5-3-8-17(13)9-4-7-16-10-6-15-12-16/h6,10,12-14H,2-5,7-9,11H2,1H3. The Balaban J connectivity index is 1.67. The van der Waals surface area contributed by atoms with E-state index in [4.69, 9.17) is 0 Å². The molecular weight excluding hydrogens is 212 g/mol. The Kier molecular flexibility index (Phi) is 5.01. The highest BCUT2D eigenvalue weighted by Crippen LogP contribution is 2.16. The minimum absolute atomic E-state index is 0.762. The number of aromatic nitrogens is 2. The van der Waals surface area contributed by atoms with Crippen molar-refractivity contribution in [3.8, 4) is 0 Å². The van der Waals surface area contributed by atoms with Gasteiger partial charge in [-0.05, 0) is 32.4 Å². The predicted molar refractivity (Wildman–Crippen MR) is 70.0 cm³/mol. The van der Waals surface area contributed by atoms with E-state index in [1.807, 2.05) is 18.7 Å². The second kappa shape index (κ2) is 6.77. The van der Waals surface area contributed by atoms with E-state index in [1.54, 1.807) is 0 Å². The van der Waals surface area contributed by atoms with Crippen LogP contribution in [-0.2, 0) is 6.54 Å². The lowest BCUT2D eigenvalue weighted by atomic mass is 10.2.